The summed E-state index contributed by atoms with van der Waals surface area (Å²) in [6, 6.07) is 41.7. The fourth-order valence-corrected chi connectivity index (χ4v) is 8.07. The molecule has 0 fully saturated rings. The van der Waals surface area contributed by atoms with E-state index in [-0.39, 0.29) is 16.2 Å². The highest BCUT2D eigenvalue weighted by Crippen LogP contribution is 2.58. The van der Waals surface area contributed by atoms with Gasteiger partial charge in [0.25, 0.3) is 0 Å². The maximum atomic E-state index is 6.90. The van der Waals surface area contributed by atoms with Gasteiger partial charge < -0.3 is 10.2 Å². The number of hydrogen-bond acceptors (Lipinski definition) is 2. The summed E-state index contributed by atoms with van der Waals surface area (Å²) in [7, 11) is 0. The summed E-state index contributed by atoms with van der Waals surface area (Å²) in [6.45, 7) is 18.8. The Balaban J connectivity index is 1.45. The molecular weight excluding hydrogens is 595 g/mol. The van der Waals surface area contributed by atoms with Gasteiger partial charge in [0.15, 0.2) is 0 Å². The lowest BCUT2D eigenvalue weighted by Crippen LogP contribution is -2.21. The summed E-state index contributed by atoms with van der Waals surface area (Å²) >= 11 is 0. The van der Waals surface area contributed by atoms with E-state index in [0.29, 0.717) is 0 Å². The molecule has 7 aromatic rings. The normalized spacial score (nSPS) is 14.0. The lowest BCUT2D eigenvalue weighted by atomic mass is 9.74. The zero-order valence-electron chi connectivity index (χ0n) is 30.0. The summed E-state index contributed by atoms with van der Waals surface area (Å²) < 4.78 is 6.28. The maximum Gasteiger partial charge on any atom is 0.136 e. The van der Waals surface area contributed by atoms with Gasteiger partial charge in [0.1, 0.15) is 11.2 Å². The van der Waals surface area contributed by atoms with Gasteiger partial charge in [-0.1, -0.05) is 146 Å². The van der Waals surface area contributed by atoms with Crippen molar-refractivity contribution >= 4 is 27.6 Å². The molecule has 0 spiro atoms. The van der Waals surface area contributed by atoms with Crippen LogP contribution in [0, 0.1) is 0 Å². The van der Waals surface area contributed by atoms with E-state index in [9.17, 15) is 0 Å². The second kappa shape index (κ2) is 10.7. The first kappa shape index (κ1) is 31.2. The number of nitrogen functional groups attached to an aromatic ring is 1. The van der Waals surface area contributed by atoms with E-state index in [1.165, 1.54) is 55.6 Å². The van der Waals surface area contributed by atoms with Crippen molar-refractivity contribution in [1.82, 2.24) is 0 Å². The molecule has 6 aromatic carbocycles. The molecule has 0 saturated heterocycles. The Labute approximate surface area is 290 Å². The van der Waals surface area contributed by atoms with Crippen molar-refractivity contribution in [2.24, 2.45) is 0 Å². The molecule has 0 radical (unpaired) electrons. The van der Waals surface area contributed by atoms with Crippen molar-refractivity contribution in [2.75, 3.05) is 5.73 Å². The summed E-state index contributed by atoms with van der Waals surface area (Å²) in [5, 5.41) is 2.29. The van der Waals surface area contributed by atoms with Crippen molar-refractivity contribution in [3.8, 4) is 44.5 Å². The predicted molar refractivity (Wildman–Crippen MR) is 209 cm³/mol. The molecule has 244 valence electrons. The lowest BCUT2D eigenvalue weighted by Gasteiger charge is -2.30. The highest BCUT2D eigenvalue weighted by atomic mass is 16.3. The topological polar surface area (TPSA) is 39.2 Å². The second-order valence-corrected chi connectivity index (χ2v) is 16.4. The Morgan fingerprint density at radius 2 is 1.18 bits per heavy atom. The van der Waals surface area contributed by atoms with E-state index >= 15 is 0 Å². The predicted octanol–water partition coefficient (Wildman–Crippen LogP) is 13.1. The van der Waals surface area contributed by atoms with Gasteiger partial charge in [-0.3, -0.25) is 0 Å². The molecule has 0 bridgehead atoms. The van der Waals surface area contributed by atoms with E-state index in [2.05, 4.69) is 146 Å². The minimum absolute atomic E-state index is 0.0291. The van der Waals surface area contributed by atoms with E-state index in [4.69, 9.17) is 10.2 Å². The first-order chi connectivity index (χ1) is 23.2. The van der Waals surface area contributed by atoms with Crippen LogP contribution in [0.3, 0.4) is 0 Å². The number of benzene rings is 6. The van der Waals surface area contributed by atoms with Crippen molar-refractivity contribution in [2.45, 2.75) is 71.6 Å². The third-order valence-electron chi connectivity index (χ3n) is 10.7. The number of para-hydroxylation sites is 2. The fourth-order valence-electron chi connectivity index (χ4n) is 8.07. The zero-order chi connectivity index (χ0) is 34.5. The number of nitrogens with two attached hydrogens (primary N) is 1. The van der Waals surface area contributed by atoms with Crippen LogP contribution in [0.25, 0.3) is 66.4 Å². The van der Waals surface area contributed by atoms with Crippen LogP contribution in [-0.2, 0) is 16.2 Å². The van der Waals surface area contributed by atoms with Crippen molar-refractivity contribution in [3.05, 3.63) is 138 Å². The van der Waals surface area contributed by atoms with Crippen molar-refractivity contribution in [3.63, 3.8) is 0 Å². The van der Waals surface area contributed by atoms with Gasteiger partial charge in [-0.15, -0.1) is 0 Å². The third-order valence-corrected chi connectivity index (χ3v) is 10.7. The largest absolute Gasteiger partial charge is 0.456 e. The molecule has 2 N–H and O–H groups in total. The van der Waals surface area contributed by atoms with Crippen LogP contribution in [0.5, 0.6) is 0 Å². The third kappa shape index (κ3) is 4.83. The molecule has 8 rings (SSSR count). The molecule has 49 heavy (non-hydrogen) atoms. The molecule has 0 saturated carbocycles. The van der Waals surface area contributed by atoms with E-state index in [1.54, 1.807) is 0 Å². The minimum atomic E-state index is -0.178. The Morgan fingerprint density at radius 3 is 1.92 bits per heavy atom. The van der Waals surface area contributed by atoms with Gasteiger partial charge >= 0.3 is 0 Å². The Hall–Kier alpha value is -5.08. The number of rotatable bonds is 3. The summed E-state index contributed by atoms with van der Waals surface area (Å²) in [4.78, 5) is 0. The zero-order valence-corrected chi connectivity index (χ0v) is 30.0. The number of anilines is 1. The first-order valence-electron chi connectivity index (χ1n) is 17.5. The number of fused-ring (bicyclic) bond motifs is 6. The highest BCUT2D eigenvalue weighted by Gasteiger charge is 2.42. The van der Waals surface area contributed by atoms with Crippen LogP contribution in [0.4, 0.5) is 5.69 Å². The standard InChI is InChI=1S/C47H45NO/c1-45(2,3)30-26-36(46(4,5)6)43-37(27-30)47(7,8)35-24-23-32(42(44(35)43)33-17-9-11-20-38(33)48)29-16-13-15-28(25-29)31-19-14-22-40-41(31)34-18-10-12-21-39(34)49-40/h9-27H,48H2,1-8H3. The number of hydrogen-bond donors (Lipinski definition) is 1. The molecule has 0 atom stereocenters. The highest BCUT2D eigenvalue weighted by molar-refractivity contribution is 6.12. The molecule has 1 heterocycles. The van der Waals surface area contributed by atoms with Crippen LogP contribution in [-0.4, -0.2) is 0 Å². The van der Waals surface area contributed by atoms with Gasteiger partial charge in [0.05, 0.1) is 0 Å². The average molecular weight is 640 g/mol. The summed E-state index contributed by atoms with van der Waals surface area (Å²) in [5.41, 5.74) is 24.5. The Morgan fingerprint density at radius 1 is 0.531 bits per heavy atom. The van der Waals surface area contributed by atoms with Crippen LogP contribution >= 0.6 is 0 Å². The molecule has 1 aromatic heterocycles. The molecule has 0 amide bonds. The number of furan rings is 1. The van der Waals surface area contributed by atoms with Crippen molar-refractivity contribution < 1.29 is 4.42 Å². The summed E-state index contributed by atoms with van der Waals surface area (Å²) in [6.07, 6.45) is 0. The van der Waals surface area contributed by atoms with Gasteiger partial charge in [-0.05, 0) is 96.3 Å². The smallest absolute Gasteiger partial charge is 0.136 e. The SMILES string of the molecule is CC(C)(C)c1cc(C(C)(C)C)c2c(c1)C(C)(C)c1ccc(-c3cccc(-c4cccc5oc6ccccc6c45)c3)c(-c3ccccc3N)c1-2. The monoisotopic (exact) mass is 639 g/mol. The van der Waals surface area contributed by atoms with Gasteiger partial charge in [-0.2, -0.15) is 0 Å². The second-order valence-electron chi connectivity index (χ2n) is 16.4. The molecule has 0 aliphatic heterocycles. The molecule has 2 nitrogen and oxygen atoms in total. The Kier molecular flexibility index (Phi) is 6.82. The van der Waals surface area contributed by atoms with Crippen LogP contribution in [0.15, 0.2) is 120 Å². The molecule has 1 aliphatic rings. The van der Waals surface area contributed by atoms with Crippen LogP contribution in [0.1, 0.15) is 77.6 Å². The minimum Gasteiger partial charge on any atom is -0.456 e. The first-order valence-corrected chi connectivity index (χ1v) is 17.5. The average Bonchev–Trinajstić information content (AvgIpc) is 3.56. The molecular formula is C47H45NO. The molecule has 0 unspecified atom stereocenters. The van der Waals surface area contributed by atoms with Crippen LogP contribution < -0.4 is 5.73 Å². The van der Waals surface area contributed by atoms with Crippen molar-refractivity contribution in [1.29, 1.82) is 0 Å². The van der Waals surface area contributed by atoms with Gasteiger partial charge in [0.2, 0.25) is 0 Å². The lowest BCUT2D eigenvalue weighted by molar-refractivity contribution is 0.564. The van der Waals surface area contributed by atoms with Crippen LogP contribution in [0.2, 0.25) is 0 Å². The molecule has 2 heteroatoms. The fraction of sp³-hybridized carbons (Fsp3) is 0.234. The van der Waals surface area contributed by atoms with E-state index in [1.807, 2.05) is 24.3 Å². The Bertz CT molecular complexity index is 2440. The molecule has 1 aliphatic carbocycles. The summed E-state index contributed by atoms with van der Waals surface area (Å²) in [5.74, 6) is 0. The van der Waals surface area contributed by atoms with E-state index in [0.717, 1.165) is 38.8 Å². The van der Waals surface area contributed by atoms with E-state index < -0.39 is 0 Å². The van der Waals surface area contributed by atoms with Gasteiger partial charge in [-0.25, -0.2) is 0 Å². The quantitative estimate of drug-likeness (QED) is 0.195. The maximum absolute atomic E-state index is 6.90. The van der Waals surface area contributed by atoms with Gasteiger partial charge in [0, 0.05) is 27.4 Å².